The topological polar surface area (TPSA) is 29.5 Å². The van der Waals surface area contributed by atoms with Crippen LogP contribution in [0.1, 0.15) is 0 Å². The van der Waals surface area contributed by atoms with Gasteiger partial charge in [-0.05, 0) is 23.8 Å². The van der Waals surface area contributed by atoms with Crippen LogP contribution in [0.25, 0.3) is 11.1 Å². The van der Waals surface area contributed by atoms with Gasteiger partial charge in [0.05, 0.1) is 0 Å². The van der Waals surface area contributed by atoms with Gasteiger partial charge in [-0.2, -0.15) is 0 Å². The largest absolute Gasteiger partial charge is 0.538 e. The molecule has 0 aliphatic heterocycles. The average Bonchev–Trinajstić information content (AvgIpc) is 2.32. The normalized spacial score (nSPS) is 9.88. The van der Waals surface area contributed by atoms with E-state index in [1.54, 1.807) is 0 Å². The fraction of sp³-hybridized carbons (Fsp3) is 0. The molecule has 80 valence electrons. The average molecular weight is 232 g/mol. The number of halogens is 1. The van der Waals surface area contributed by atoms with Crippen LogP contribution >= 0.6 is 11.6 Å². The third kappa shape index (κ3) is 2.38. The van der Waals surface area contributed by atoms with Gasteiger partial charge in [0.15, 0.2) is 0 Å². The fourth-order valence-electron chi connectivity index (χ4n) is 1.53. The van der Waals surface area contributed by atoms with Crippen LogP contribution < -0.4 is 4.65 Å². The minimum Gasteiger partial charge on any atom is -0.538 e. The van der Waals surface area contributed by atoms with E-state index in [4.69, 9.17) is 21.3 Å². The number of para-hydroxylation sites is 1. The van der Waals surface area contributed by atoms with Gasteiger partial charge in [0, 0.05) is 10.6 Å². The van der Waals surface area contributed by atoms with Crippen LogP contribution in [0.2, 0.25) is 5.02 Å². The van der Waals surface area contributed by atoms with Gasteiger partial charge in [0.25, 0.3) is 0 Å². The van der Waals surface area contributed by atoms with Crippen LogP contribution in [0.4, 0.5) is 0 Å². The lowest BCUT2D eigenvalue weighted by molar-refractivity contribution is 0.455. The van der Waals surface area contributed by atoms with Crippen molar-refractivity contribution in [2.45, 2.75) is 0 Å². The predicted molar refractivity (Wildman–Crippen MR) is 66.9 cm³/mol. The second-order valence-corrected chi connectivity index (χ2v) is 3.71. The first kappa shape index (κ1) is 11.1. The van der Waals surface area contributed by atoms with E-state index in [0.717, 1.165) is 11.1 Å². The highest BCUT2D eigenvalue weighted by Crippen LogP contribution is 2.30. The second kappa shape index (κ2) is 5.06. The number of benzene rings is 2. The summed E-state index contributed by atoms with van der Waals surface area (Å²) >= 11 is 5.83. The quantitative estimate of drug-likeness (QED) is 0.825. The molecule has 16 heavy (non-hydrogen) atoms. The Kier molecular flexibility index (Phi) is 3.49. The molecule has 0 aliphatic carbocycles. The summed E-state index contributed by atoms with van der Waals surface area (Å²) in [6.45, 7) is 0. The van der Waals surface area contributed by atoms with E-state index in [0.29, 0.717) is 10.8 Å². The molecule has 0 aliphatic rings. The van der Waals surface area contributed by atoms with E-state index < -0.39 is 0 Å². The molecule has 0 bridgehead atoms. The summed E-state index contributed by atoms with van der Waals surface area (Å²) < 4.78 is 5.14. The molecule has 0 radical (unpaired) electrons. The summed E-state index contributed by atoms with van der Waals surface area (Å²) in [4.78, 5) is 0. The molecular weight excluding hydrogens is 222 g/mol. The molecule has 2 rings (SSSR count). The van der Waals surface area contributed by atoms with Crippen LogP contribution in [-0.2, 0) is 0 Å². The van der Waals surface area contributed by atoms with Crippen molar-refractivity contribution in [2.75, 3.05) is 0 Å². The summed E-state index contributed by atoms with van der Waals surface area (Å²) in [6.07, 6.45) is 0. The van der Waals surface area contributed by atoms with Gasteiger partial charge in [-0.1, -0.05) is 41.9 Å². The summed E-state index contributed by atoms with van der Waals surface area (Å²) in [6, 6.07) is 15.0. The van der Waals surface area contributed by atoms with Crippen molar-refractivity contribution >= 4 is 19.3 Å². The highest BCUT2D eigenvalue weighted by molar-refractivity contribution is 6.30. The highest BCUT2D eigenvalue weighted by Gasteiger charge is 2.05. The number of rotatable bonds is 3. The Bertz CT molecular complexity index is 471. The summed E-state index contributed by atoms with van der Waals surface area (Å²) in [5.41, 5.74) is 1.95. The maximum Gasteiger partial charge on any atom is 0.504 e. The zero-order valence-electron chi connectivity index (χ0n) is 8.56. The standard InChI is InChI=1S/C12H10BClO2/c14-10-7-5-9(6-8-10)11-3-1-2-4-12(11)16-13-15/h1-8,13,15H. The lowest BCUT2D eigenvalue weighted by Gasteiger charge is -2.09. The molecule has 0 saturated carbocycles. The molecule has 0 amide bonds. The number of hydrogen-bond donors (Lipinski definition) is 1. The summed E-state index contributed by atoms with van der Waals surface area (Å²) in [5, 5.41) is 9.49. The first-order chi connectivity index (χ1) is 7.81. The van der Waals surface area contributed by atoms with Crippen molar-refractivity contribution in [1.82, 2.24) is 0 Å². The zero-order chi connectivity index (χ0) is 11.4. The van der Waals surface area contributed by atoms with Gasteiger partial charge in [-0.25, -0.2) is 0 Å². The summed E-state index contributed by atoms with van der Waals surface area (Å²) in [7, 11) is -0.329. The van der Waals surface area contributed by atoms with Crippen LogP contribution in [-0.4, -0.2) is 12.7 Å². The molecule has 2 aromatic carbocycles. The molecule has 0 spiro atoms. The van der Waals surface area contributed by atoms with Gasteiger partial charge >= 0.3 is 7.69 Å². The maximum atomic E-state index is 8.79. The Morgan fingerprint density at radius 1 is 1.00 bits per heavy atom. The molecule has 4 heteroatoms. The third-order valence-corrected chi connectivity index (χ3v) is 2.51. The maximum absolute atomic E-state index is 8.79. The van der Waals surface area contributed by atoms with Crippen LogP contribution in [0.5, 0.6) is 5.75 Å². The van der Waals surface area contributed by atoms with Crippen LogP contribution in [0.3, 0.4) is 0 Å². The molecule has 1 N–H and O–H groups in total. The van der Waals surface area contributed by atoms with Crippen LogP contribution in [0.15, 0.2) is 48.5 Å². The molecule has 2 aromatic rings. The molecular formula is C12H10BClO2. The highest BCUT2D eigenvalue weighted by atomic mass is 35.5. The Morgan fingerprint density at radius 2 is 1.69 bits per heavy atom. The molecule has 0 aromatic heterocycles. The van der Waals surface area contributed by atoms with Crippen molar-refractivity contribution < 1.29 is 9.68 Å². The molecule has 0 saturated heterocycles. The second-order valence-electron chi connectivity index (χ2n) is 3.28. The Labute approximate surface area is 99.8 Å². The minimum absolute atomic E-state index is 0.329. The van der Waals surface area contributed by atoms with Gasteiger partial charge in [-0.15, -0.1) is 0 Å². The van der Waals surface area contributed by atoms with Gasteiger partial charge in [0.2, 0.25) is 0 Å². The first-order valence-electron chi connectivity index (χ1n) is 4.90. The smallest absolute Gasteiger partial charge is 0.504 e. The van der Waals surface area contributed by atoms with Gasteiger partial charge < -0.3 is 9.68 Å². The van der Waals surface area contributed by atoms with E-state index in [1.165, 1.54) is 0 Å². The number of hydrogen-bond acceptors (Lipinski definition) is 2. The van der Waals surface area contributed by atoms with Crippen molar-refractivity contribution in [2.24, 2.45) is 0 Å². The van der Waals surface area contributed by atoms with E-state index in [1.807, 2.05) is 48.5 Å². The minimum atomic E-state index is -0.329. The van der Waals surface area contributed by atoms with E-state index in [9.17, 15) is 0 Å². The predicted octanol–water partition coefficient (Wildman–Crippen LogP) is 2.64. The Balaban J connectivity index is 2.42. The van der Waals surface area contributed by atoms with Crippen molar-refractivity contribution in [3.8, 4) is 16.9 Å². The molecule has 0 unspecified atom stereocenters. The molecule has 0 heterocycles. The first-order valence-corrected chi connectivity index (χ1v) is 5.27. The lowest BCUT2D eigenvalue weighted by atomic mass is 10.0. The van der Waals surface area contributed by atoms with Crippen LogP contribution in [0, 0.1) is 0 Å². The summed E-state index contributed by atoms with van der Waals surface area (Å²) in [5.74, 6) is 0.660. The fourth-order valence-corrected chi connectivity index (χ4v) is 1.66. The van der Waals surface area contributed by atoms with E-state index >= 15 is 0 Å². The molecule has 0 fully saturated rings. The third-order valence-electron chi connectivity index (χ3n) is 2.26. The van der Waals surface area contributed by atoms with Crippen molar-refractivity contribution in [3.05, 3.63) is 53.6 Å². The van der Waals surface area contributed by atoms with Gasteiger partial charge in [0.1, 0.15) is 5.75 Å². The van der Waals surface area contributed by atoms with Crippen molar-refractivity contribution in [1.29, 1.82) is 0 Å². The SMILES string of the molecule is OBOc1ccccc1-c1ccc(Cl)cc1. The Morgan fingerprint density at radius 3 is 2.38 bits per heavy atom. The molecule has 2 nitrogen and oxygen atoms in total. The monoisotopic (exact) mass is 232 g/mol. The zero-order valence-corrected chi connectivity index (χ0v) is 9.32. The van der Waals surface area contributed by atoms with E-state index in [2.05, 4.69) is 0 Å². The van der Waals surface area contributed by atoms with E-state index in [-0.39, 0.29) is 7.69 Å². The van der Waals surface area contributed by atoms with Crippen molar-refractivity contribution in [3.63, 3.8) is 0 Å². The van der Waals surface area contributed by atoms with Gasteiger partial charge in [-0.3, -0.25) is 0 Å². The molecule has 0 atom stereocenters. The lowest BCUT2D eigenvalue weighted by Crippen LogP contribution is -2.00. The Hall–Kier alpha value is -1.45.